The van der Waals surface area contributed by atoms with E-state index < -0.39 is 76.4 Å². The van der Waals surface area contributed by atoms with Gasteiger partial charge in [-0.3, -0.25) is 14.8 Å². The fraction of sp³-hybridized carbons (Fsp3) is 0.217. The van der Waals surface area contributed by atoms with Crippen LogP contribution in [0.1, 0.15) is 29.7 Å². The second-order valence-corrected chi connectivity index (χ2v) is 14.5. The van der Waals surface area contributed by atoms with E-state index in [4.69, 9.17) is 33.7 Å². The number of hydrogen-bond acceptors (Lipinski definition) is 7. The van der Waals surface area contributed by atoms with Crippen molar-refractivity contribution in [2.45, 2.75) is 29.8 Å². The molecule has 0 radical (unpaired) electrons. The van der Waals surface area contributed by atoms with E-state index in [0.29, 0.717) is 10.2 Å². The maximum absolute atomic E-state index is 13.5. The van der Waals surface area contributed by atoms with Crippen LogP contribution in [0.15, 0.2) is 41.3 Å². The number of nitriles is 1. The molecular formula is C23H19Cl2F5N6O5S2. The Morgan fingerprint density at radius 3 is 2.26 bits per heavy atom. The molecule has 1 saturated carbocycles. The summed E-state index contributed by atoms with van der Waals surface area (Å²) in [5.41, 5.74) is 3.18. The van der Waals surface area contributed by atoms with E-state index in [1.54, 1.807) is 6.07 Å². The SMILES string of the molecule is CS(=O)(=O)Nc1cccc(COC(=O)Nc2c(C3(C(N)=O)CC3)c(C#N)nn2-c2c(Cl)cc(S(F)(F)(F)(F)F)cc2Cl)c1. The van der Waals surface area contributed by atoms with E-state index in [-0.39, 0.29) is 36.2 Å². The molecule has 3 aromatic rings. The van der Waals surface area contributed by atoms with Crippen molar-refractivity contribution in [1.82, 2.24) is 9.78 Å². The van der Waals surface area contributed by atoms with Gasteiger partial charge < -0.3 is 10.5 Å². The van der Waals surface area contributed by atoms with Crippen LogP contribution >= 0.6 is 33.4 Å². The number of nitrogens with one attached hydrogen (secondary N) is 2. The first-order valence-electron chi connectivity index (χ1n) is 11.6. The molecule has 2 amide bonds. The van der Waals surface area contributed by atoms with Crippen molar-refractivity contribution in [2.24, 2.45) is 5.73 Å². The average molecular weight is 689 g/mol. The molecule has 0 atom stereocenters. The number of nitrogens with two attached hydrogens (primary N) is 1. The Morgan fingerprint density at radius 2 is 1.77 bits per heavy atom. The summed E-state index contributed by atoms with van der Waals surface area (Å²) in [7, 11) is -13.8. The number of carbonyl (C=O) groups is 2. The molecule has 2 aromatic carbocycles. The molecular weight excluding hydrogens is 670 g/mol. The number of carbonyl (C=O) groups excluding carboxylic acids is 2. The van der Waals surface area contributed by atoms with Crippen molar-refractivity contribution in [3.63, 3.8) is 0 Å². The normalized spacial score (nSPS) is 15.9. The lowest BCUT2D eigenvalue weighted by atomic mass is 9.94. The molecule has 4 N–H and O–H groups in total. The van der Waals surface area contributed by atoms with Crippen molar-refractivity contribution < 1.29 is 42.2 Å². The topological polar surface area (TPSA) is 169 Å². The van der Waals surface area contributed by atoms with E-state index in [1.807, 2.05) is 0 Å². The number of anilines is 2. The largest absolute Gasteiger partial charge is 0.444 e. The quantitative estimate of drug-likeness (QED) is 0.220. The molecule has 0 bridgehead atoms. The summed E-state index contributed by atoms with van der Waals surface area (Å²) in [6.07, 6.45) is -0.0841. The smallest absolute Gasteiger partial charge is 0.413 e. The van der Waals surface area contributed by atoms with Crippen LogP contribution in [0, 0.1) is 11.3 Å². The second kappa shape index (κ2) is 9.87. The molecule has 0 spiro atoms. The number of sulfonamides is 1. The van der Waals surface area contributed by atoms with Gasteiger partial charge in [-0.15, -0.1) is 0 Å². The molecule has 0 aliphatic heterocycles. The molecule has 1 heterocycles. The minimum Gasteiger partial charge on any atom is -0.444 e. The Balaban J connectivity index is 1.77. The molecule has 43 heavy (non-hydrogen) atoms. The minimum absolute atomic E-state index is 0.0850. The van der Waals surface area contributed by atoms with E-state index in [0.717, 1.165) is 6.26 Å². The van der Waals surface area contributed by atoms with Gasteiger partial charge >= 0.3 is 16.3 Å². The van der Waals surface area contributed by atoms with Crippen LogP contribution in [0.2, 0.25) is 10.0 Å². The average Bonchev–Trinajstić information content (AvgIpc) is 3.57. The Hall–Kier alpha value is -3.79. The van der Waals surface area contributed by atoms with Gasteiger partial charge in [-0.05, 0) is 42.7 Å². The maximum Gasteiger partial charge on any atom is 0.413 e. The Kier molecular flexibility index (Phi) is 7.38. The highest BCUT2D eigenvalue weighted by Gasteiger charge is 2.65. The van der Waals surface area contributed by atoms with E-state index in [9.17, 15) is 42.7 Å². The third-order valence-electron chi connectivity index (χ3n) is 6.16. The van der Waals surface area contributed by atoms with Gasteiger partial charge in [0.05, 0.1) is 21.7 Å². The molecule has 20 heteroatoms. The number of ether oxygens (including phenoxy) is 1. The fourth-order valence-corrected chi connectivity index (χ4v) is 6.17. The third kappa shape index (κ3) is 6.90. The van der Waals surface area contributed by atoms with Gasteiger partial charge in [0.25, 0.3) is 0 Å². The van der Waals surface area contributed by atoms with Crippen molar-refractivity contribution in [2.75, 3.05) is 16.3 Å². The lowest BCUT2D eigenvalue weighted by Gasteiger charge is -2.40. The predicted octanol–water partition coefficient (Wildman–Crippen LogP) is 6.35. The number of rotatable bonds is 9. The summed E-state index contributed by atoms with van der Waals surface area (Å²) in [6, 6.07) is 7.30. The molecule has 4 rings (SSSR count). The number of halogens is 7. The molecule has 0 saturated heterocycles. The van der Waals surface area contributed by atoms with Crippen LogP contribution in [-0.4, -0.2) is 36.5 Å². The van der Waals surface area contributed by atoms with Crippen LogP contribution in [-0.2, 0) is 31.6 Å². The first-order valence-corrected chi connectivity index (χ1v) is 16.2. The Labute approximate surface area is 250 Å². The first kappa shape index (κ1) is 32.1. The molecule has 11 nitrogen and oxygen atoms in total. The van der Waals surface area contributed by atoms with E-state index in [1.165, 1.54) is 24.3 Å². The van der Waals surface area contributed by atoms with Gasteiger partial charge in [0, 0.05) is 11.3 Å². The van der Waals surface area contributed by atoms with Crippen LogP contribution in [0.5, 0.6) is 0 Å². The van der Waals surface area contributed by atoms with Crippen LogP contribution in [0.3, 0.4) is 0 Å². The Bertz CT molecular complexity index is 1820. The van der Waals surface area contributed by atoms with Gasteiger partial charge in [-0.2, -0.15) is 10.4 Å². The summed E-state index contributed by atoms with van der Waals surface area (Å²) in [5.74, 6) is -1.40. The lowest BCUT2D eigenvalue weighted by Crippen LogP contribution is -2.30. The van der Waals surface area contributed by atoms with Gasteiger partial charge in [-0.1, -0.05) is 54.8 Å². The number of primary amides is 1. The van der Waals surface area contributed by atoms with Crippen molar-refractivity contribution in [3.8, 4) is 11.8 Å². The second-order valence-electron chi connectivity index (χ2n) is 9.52. The summed E-state index contributed by atoms with van der Waals surface area (Å²) in [4.78, 5) is 22.9. The number of amides is 2. The van der Waals surface area contributed by atoms with Crippen molar-refractivity contribution >= 4 is 67.0 Å². The molecule has 1 aliphatic carbocycles. The van der Waals surface area contributed by atoms with Gasteiger partial charge in [-0.25, -0.2) is 17.9 Å². The first-order chi connectivity index (χ1) is 19.5. The summed E-state index contributed by atoms with van der Waals surface area (Å²) in [5, 5.41) is 14.0. The molecule has 0 unspecified atom stereocenters. The fourth-order valence-electron chi connectivity index (χ4n) is 4.16. The van der Waals surface area contributed by atoms with Crippen molar-refractivity contribution in [1.29, 1.82) is 5.26 Å². The van der Waals surface area contributed by atoms with Crippen LogP contribution in [0.4, 0.5) is 35.7 Å². The number of hydrogen-bond donors (Lipinski definition) is 3. The van der Waals surface area contributed by atoms with Gasteiger partial charge in [0.1, 0.15) is 29.1 Å². The predicted molar refractivity (Wildman–Crippen MR) is 149 cm³/mol. The zero-order valence-corrected chi connectivity index (χ0v) is 24.7. The zero-order chi connectivity index (χ0) is 32.2. The molecule has 1 aliphatic rings. The summed E-state index contributed by atoms with van der Waals surface area (Å²) >= 11 is 12.0. The zero-order valence-electron chi connectivity index (χ0n) is 21.5. The lowest BCUT2D eigenvalue weighted by molar-refractivity contribution is -0.120. The number of benzene rings is 2. The number of aromatic nitrogens is 2. The standard InChI is InChI=1S/C23H19Cl2F5N6O5S2/c1-42(39,40)35-13-4-2-3-12(7-13)11-41-22(38)33-20-18(23(5-6-23)21(32)37)17(10-31)34-36(20)19-15(24)8-14(9-16(19)25)43(26,27,28,29)30/h2-4,7-9,35H,5-6,11H2,1H3,(H2,32,37)(H,33,38). The Morgan fingerprint density at radius 1 is 1.16 bits per heavy atom. The molecule has 1 fully saturated rings. The third-order valence-corrected chi connectivity index (χ3v) is 8.47. The van der Waals surface area contributed by atoms with Gasteiger partial charge in [0.2, 0.25) is 15.9 Å². The minimum atomic E-state index is -10.2. The highest BCUT2D eigenvalue weighted by molar-refractivity contribution is 8.45. The maximum atomic E-state index is 13.5. The van der Waals surface area contributed by atoms with Crippen LogP contribution < -0.4 is 15.8 Å². The highest BCUT2D eigenvalue weighted by Crippen LogP contribution is 3.02. The van der Waals surface area contributed by atoms with Gasteiger partial charge in [0.15, 0.2) is 5.69 Å². The van der Waals surface area contributed by atoms with E-state index >= 15 is 0 Å². The summed E-state index contributed by atoms with van der Waals surface area (Å²) < 4.78 is 98.3. The van der Waals surface area contributed by atoms with E-state index in [2.05, 4.69) is 15.1 Å². The number of nitrogens with zero attached hydrogens (tertiary/aromatic N) is 3. The monoisotopic (exact) mass is 688 g/mol. The molecule has 1 aromatic heterocycles. The van der Waals surface area contributed by atoms with Crippen LogP contribution in [0.25, 0.3) is 5.69 Å². The summed E-state index contributed by atoms with van der Waals surface area (Å²) in [6.45, 7) is -0.430. The van der Waals surface area contributed by atoms with Crippen molar-refractivity contribution in [3.05, 3.63) is 63.3 Å². The highest BCUT2D eigenvalue weighted by atomic mass is 35.5. The molecule has 232 valence electrons.